The van der Waals surface area contributed by atoms with Crippen LogP contribution >= 0.6 is 0 Å². The Morgan fingerprint density at radius 3 is 1.09 bits per heavy atom. The molecule has 19 heteroatoms. The normalized spacial score (nSPS) is 11.8. The Kier molecular flexibility index (Phi) is 30.2. The van der Waals surface area contributed by atoms with Gasteiger partial charge in [-0.3, -0.25) is 15.0 Å². The average molecular weight is 2670 g/mol. The molecule has 0 unspecified atom stereocenters. The predicted molar refractivity (Wildman–Crippen MR) is 616 cm³/mol. The van der Waals surface area contributed by atoms with Gasteiger partial charge in [-0.1, -0.05) is 180 Å². The number of aromatic nitrogens is 9. The molecule has 0 saturated heterocycles. The van der Waals surface area contributed by atoms with E-state index in [0.717, 1.165) is 201 Å². The van der Waals surface area contributed by atoms with Gasteiger partial charge in [0.15, 0.2) is 0 Å². The van der Waals surface area contributed by atoms with E-state index in [9.17, 15) is 0 Å². The number of para-hydroxylation sites is 13. The van der Waals surface area contributed by atoms with Crippen molar-refractivity contribution in [3.8, 4) is 85.0 Å². The Morgan fingerprint density at radius 2 is 0.673 bits per heavy atom. The summed E-state index contributed by atoms with van der Waals surface area (Å²) in [6, 6.07) is 149. The zero-order chi connectivity index (χ0) is 103. The van der Waals surface area contributed by atoms with Crippen molar-refractivity contribution >= 4 is 185 Å². The van der Waals surface area contributed by atoms with Crippen molar-refractivity contribution in [3.63, 3.8) is 0 Å². The molecule has 0 atom stereocenters. The summed E-state index contributed by atoms with van der Waals surface area (Å²) < 4.78 is 58.0. The van der Waals surface area contributed by atoms with Crippen LogP contribution in [0.2, 0.25) is 51.8 Å². The van der Waals surface area contributed by atoms with Crippen LogP contribution in [0, 0.1) is 42.3 Å². The summed E-state index contributed by atoms with van der Waals surface area (Å²) in [5.41, 5.74) is 25.8. The summed E-state index contributed by atoms with van der Waals surface area (Å²) in [7, 11) is 0. The summed E-state index contributed by atoms with van der Waals surface area (Å²) in [6.45, 7) is 4.57. The smallest absolute Gasteiger partial charge is 0.123 e. The monoisotopic (exact) mass is 2670 g/mol. The summed E-state index contributed by atoms with van der Waals surface area (Å²) in [5.74, 6) is 24.6. The number of rotatable bonds is 14. The van der Waals surface area contributed by atoms with E-state index in [4.69, 9.17) is 41.7 Å². The van der Waals surface area contributed by atoms with Crippen LogP contribution in [0.4, 0.5) is 0 Å². The third-order valence-corrected chi connectivity index (χ3v) is 39.3. The third-order valence-electron chi connectivity index (χ3n) is 26.5. The minimum absolute atomic E-state index is 0. The molecule has 17 aromatic carbocycles. The molecule has 0 aliphatic rings. The molecular formula is C131H105Ge3Ir3N9O4-6. The van der Waals surface area contributed by atoms with E-state index >= 15 is 0 Å². The van der Waals surface area contributed by atoms with E-state index in [1.165, 1.54) is 29.5 Å². The molecule has 0 bridgehead atoms. The van der Waals surface area contributed by atoms with Gasteiger partial charge in [0.05, 0.1) is 67.3 Å². The molecule has 3 radical (unpaired) electrons. The molecule has 10 heterocycles. The van der Waals surface area contributed by atoms with Gasteiger partial charge in [-0.15, -0.1) is 53.1 Å². The van der Waals surface area contributed by atoms with Gasteiger partial charge in [-0.25, -0.2) is 0 Å². The van der Waals surface area contributed by atoms with E-state index < -0.39 is 39.8 Å². The number of pyridine rings is 3. The minimum Gasteiger partial charge on any atom is -0.476 e. The first-order valence-corrected chi connectivity index (χ1v) is 71.6. The van der Waals surface area contributed by atoms with Crippen LogP contribution in [0.1, 0.15) is 23.5 Å². The summed E-state index contributed by atoms with van der Waals surface area (Å²) >= 11 is -5.61. The molecular weight excluding hydrogens is 2560 g/mol. The van der Waals surface area contributed by atoms with Crippen molar-refractivity contribution in [2.75, 3.05) is 0 Å². The fraction of sp³-hybridized carbons (Fsp3) is 0.0992. The van der Waals surface area contributed by atoms with Gasteiger partial charge in [0.2, 0.25) is 0 Å². The van der Waals surface area contributed by atoms with E-state index in [0.29, 0.717) is 17.2 Å². The SMILES string of the molecule is CC(C)Cc1cc(-c2[c-]ccc3c2oc2ccccc23)nc[c]1[Ge]([CH3])([CH3])[CH3].[2H]c1[c-]c(-c2cc[c]([Ge]([CH3])([CH3])[CH3])cn2)cc([2H])c1[2H].[CH3][Ge]([CH3])([CH3])[c]1ccc(-c2[c-]ccc3ccccc23)nc1.[Ir].[Ir].[Ir].[c-]1cc2c(cc1-c1nc3ccccc3n1-c1ccccc1)oc1ccccc12.[c-]1cc2c(cc1-c1nc3ccccc3n1-c1ccccc1)oc1ccccc12.[c-]1cc2c(cc1-c1nc3ccccc3n1-c1ccccc1)oc1ccccc12. The second-order valence-electron chi connectivity index (χ2n) is 40.1. The van der Waals surface area contributed by atoms with Crippen LogP contribution in [-0.2, 0) is 66.7 Å². The molecule has 0 spiro atoms. The number of fused-ring (bicyclic) bond motifs is 16. The van der Waals surface area contributed by atoms with Crippen LogP contribution in [-0.4, -0.2) is 83.4 Å². The minimum atomic E-state index is -1.98. The fourth-order valence-electron chi connectivity index (χ4n) is 19.1. The molecule has 0 N–H and O–H groups in total. The van der Waals surface area contributed by atoms with Crippen molar-refractivity contribution in [2.45, 2.75) is 72.1 Å². The van der Waals surface area contributed by atoms with Gasteiger partial charge in [-0.2, -0.15) is 0 Å². The topological polar surface area (TPSA) is 145 Å². The maximum absolute atomic E-state index is 7.65. The second-order valence-corrected chi connectivity index (χ2v) is 72.0. The van der Waals surface area contributed by atoms with Crippen LogP contribution < -0.4 is 13.2 Å². The van der Waals surface area contributed by atoms with Gasteiger partial charge in [0.25, 0.3) is 0 Å². The summed E-state index contributed by atoms with van der Waals surface area (Å²) in [5, 5.41) is 11.3. The van der Waals surface area contributed by atoms with Crippen LogP contribution in [0.3, 0.4) is 0 Å². The molecule has 150 heavy (non-hydrogen) atoms. The Bertz CT molecular complexity index is 9110. The van der Waals surface area contributed by atoms with Crippen molar-refractivity contribution in [2.24, 2.45) is 5.92 Å². The van der Waals surface area contributed by atoms with Crippen molar-refractivity contribution in [1.29, 1.82) is 0 Å². The number of benzene rings is 17. The van der Waals surface area contributed by atoms with E-state index in [-0.39, 0.29) is 78.4 Å². The van der Waals surface area contributed by atoms with Crippen LogP contribution in [0.25, 0.3) is 217 Å². The Morgan fingerprint density at radius 1 is 0.300 bits per heavy atom. The maximum atomic E-state index is 7.65. The Hall–Kier alpha value is -14.4. The van der Waals surface area contributed by atoms with E-state index in [2.05, 4.69) is 284 Å². The zero-order valence-electron chi connectivity index (χ0n) is 87.5. The van der Waals surface area contributed by atoms with Gasteiger partial charge in [0.1, 0.15) is 16.7 Å². The molecule has 0 amide bonds. The van der Waals surface area contributed by atoms with Gasteiger partial charge < -0.3 is 27.0 Å². The van der Waals surface area contributed by atoms with Crippen molar-refractivity contribution in [3.05, 3.63) is 461 Å². The second kappa shape index (κ2) is 45.2. The quantitative estimate of drug-likeness (QED) is 0.0762. The first-order valence-electron chi connectivity index (χ1n) is 51.1. The maximum Gasteiger partial charge on any atom is 0.123 e. The Balaban J connectivity index is 0.000000115. The average Bonchev–Trinajstić information content (AvgIpc) is 1.61. The third kappa shape index (κ3) is 21.9. The molecule has 0 aliphatic carbocycles. The van der Waals surface area contributed by atoms with E-state index in [1.807, 2.05) is 237 Å². The molecule has 0 aliphatic heterocycles. The van der Waals surface area contributed by atoms with Crippen LogP contribution in [0.5, 0.6) is 0 Å². The molecule has 13 nitrogen and oxygen atoms in total. The van der Waals surface area contributed by atoms with Gasteiger partial charge in [0, 0.05) is 77.4 Å². The predicted octanol–water partition coefficient (Wildman–Crippen LogP) is 32.7. The van der Waals surface area contributed by atoms with Crippen LogP contribution in [0.15, 0.2) is 437 Å². The molecule has 743 valence electrons. The number of nitrogens with zero attached hydrogens (tertiary/aromatic N) is 9. The summed E-state index contributed by atoms with van der Waals surface area (Å²) in [4.78, 5) is 28.7. The molecule has 27 rings (SSSR count). The molecule has 0 fully saturated rings. The van der Waals surface area contributed by atoms with Crippen molar-refractivity contribution in [1.82, 2.24) is 43.6 Å². The molecule has 27 aromatic rings. The Labute approximate surface area is 925 Å². The molecule has 10 aromatic heterocycles. The van der Waals surface area contributed by atoms with E-state index in [1.54, 1.807) is 6.07 Å². The van der Waals surface area contributed by atoms with Crippen molar-refractivity contribution < 1.29 is 82.1 Å². The molecule has 0 saturated carbocycles. The first-order chi connectivity index (χ1) is 72.8. The number of hydrogen-bond donors (Lipinski definition) is 0. The first kappa shape index (κ1) is 100. The van der Waals surface area contributed by atoms with Gasteiger partial charge >= 0.3 is 391 Å². The number of furan rings is 4. The summed E-state index contributed by atoms with van der Waals surface area (Å²) in [6.07, 6.45) is 7.17. The number of hydrogen-bond acceptors (Lipinski definition) is 10. The largest absolute Gasteiger partial charge is 0.476 e. The fourth-order valence-corrected chi connectivity index (χ4v) is 26.8. The standard InChI is InChI=1S/3C25H15N2O.C24H26GeNO.C18H18GeN.C14H16GeN.3Ir/c3*1-2-8-18(9-3-1)27-22-12-6-5-11-21(22)26-25(27)17-14-15-20-19-10-4-7-13-23(19)28-24(20)16-17;1-16(2)13-17-14-22(26-15-21(17)25(3,4)5)20-11-8-10-19-18-9-6-7-12-23(18)27-24(19)20;1-19(2,3)15-11-12-18(20-13-15)17-10-6-8-14-7-4-5-9-16(14)17;1-15(2,3)13-9-10-14(16-11-13)12-7-5-4-6-8-12;;;/h3*1-13,15-16H;6-10,12,14-16H,13H2,1-5H3;4-9,11-13H,1-3H3;4-7,9-11H,1-3H3;;;/q6*-1;;;/i;;;;;4D,5D,6D;;;. The number of imidazole rings is 3. The van der Waals surface area contributed by atoms with Gasteiger partial charge in [-0.05, 0) is 107 Å². The zero-order valence-corrected chi connectivity index (χ0v) is 98.0.